The molecule has 0 spiro atoms. The van der Waals surface area contributed by atoms with E-state index in [1.165, 1.54) is 25.0 Å². The first kappa shape index (κ1) is 15.3. The van der Waals surface area contributed by atoms with Crippen LogP contribution in [0.15, 0.2) is 36.7 Å². The zero-order chi connectivity index (χ0) is 16.5. The standard InChI is InChI=1S/C19H23N5/c1-13-16(19-12-21-17-6-2-3-7-18(17)23-19)11-22-24(13)15-9-14(10-15)5-4-8-20/h2-3,6-7,11-12,14-15H,4-5,8-10,20H2,1H3. The molecule has 5 nitrogen and oxygen atoms in total. The zero-order valence-corrected chi connectivity index (χ0v) is 14.0. The summed E-state index contributed by atoms with van der Waals surface area (Å²) in [6.07, 6.45) is 8.59. The molecule has 5 heteroatoms. The molecule has 4 rings (SSSR count). The van der Waals surface area contributed by atoms with Crippen LogP contribution in [0.2, 0.25) is 0 Å². The van der Waals surface area contributed by atoms with Gasteiger partial charge in [-0.1, -0.05) is 12.1 Å². The Kier molecular flexibility index (Phi) is 4.02. The molecule has 2 heterocycles. The minimum atomic E-state index is 0.523. The number of aromatic nitrogens is 4. The summed E-state index contributed by atoms with van der Waals surface area (Å²) in [6, 6.07) is 8.48. The highest BCUT2D eigenvalue weighted by Crippen LogP contribution is 2.41. The molecule has 0 atom stereocenters. The van der Waals surface area contributed by atoms with Gasteiger partial charge >= 0.3 is 0 Å². The van der Waals surface area contributed by atoms with Crippen molar-refractivity contribution >= 4 is 11.0 Å². The molecule has 0 bridgehead atoms. The zero-order valence-electron chi connectivity index (χ0n) is 14.0. The summed E-state index contributed by atoms with van der Waals surface area (Å²) in [7, 11) is 0. The van der Waals surface area contributed by atoms with Gasteiger partial charge in [0.15, 0.2) is 0 Å². The number of benzene rings is 1. The van der Waals surface area contributed by atoms with Gasteiger partial charge in [0.05, 0.1) is 35.2 Å². The molecule has 0 saturated heterocycles. The molecule has 2 aromatic heterocycles. The van der Waals surface area contributed by atoms with Crippen LogP contribution in [0.5, 0.6) is 0 Å². The van der Waals surface area contributed by atoms with Crippen molar-refractivity contribution < 1.29 is 0 Å². The van der Waals surface area contributed by atoms with Crippen molar-refractivity contribution in [1.29, 1.82) is 0 Å². The predicted octanol–water partition coefficient (Wildman–Crippen LogP) is 3.49. The summed E-state index contributed by atoms with van der Waals surface area (Å²) in [4.78, 5) is 9.27. The average molecular weight is 321 g/mol. The van der Waals surface area contributed by atoms with Crippen molar-refractivity contribution in [3.05, 3.63) is 42.4 Å². The molecule has 0 amide bonds. The molecule has 0 unspecified atom stereocenters. The third-order valence-corrected chi connectivity index (χ3v) is 5.14. The van der Waals surface area contributed by atoms with E-state index in [1.807, 2.05) is 36.7 Å². The maximum atomic E-state index is 5.60. The molecule has 24 heavy (non-hydrogen) atoms. The van der Waals surface area contributed by atoms with Gasteiger partial charge in [0, 0.05) is 11.3 Å². The maximum Gasteiger partial charge on any atom is 0.0927 e. The second kappa shape index (κ2) is 6.32. The van der Waals surface area contributed by atoms with Crippen molar-refractivity contribution in [2.45, 2.75) is 38.6 Å². The van der Waals surface area contributed by atoms with Crippen LogP contribution in [0.1, 0.15) is 37.4 Å². The molecule has 1 aliphatic rings. The number of hydrogen-bond acceptors (Lipinski definition) is 4. The van der Waals surface area contributed by atoms with Crippen LogP contribution in [0, 0.1) is 12.8 Å². The summed E-state index contributed by atoms with van der Waals surface area (Å²) in [5.74, 6) is 0.811. The molecule has 2 N–H and O–H groups in total. The van der Waals surface area contributed by atoms with Crippen LogP contribution in [0.3, 0.4) is 0 Å². The first-order valence-corrected chi connectivity index (χ1v) is 8.72. The molecule has 0 radical (unpaired) electrons. The molecular formula is C19H23N5. The summed E-state index contributed by atoms with van der Waals surface area (Å²) in [6.45, 7) is 2.93. The Bertz CT molecular complexity index is 848. The van der Waals surface area contributed by atoms with Gasteiger partial charge in [0.25, 0.3) is 0 Å². The second-order valence-corrected chi connectivity index (χ2v) is 6.75. The van der Waals surface area contributed by atoms with E-state index in [0.717, 1.165) is 41.2 Å². The molecule has 1 aliphatic carbocycles. The summed E-state index contributed by atoms with van der Waals surface area (Å²) >= 11 is 0. The van der Waals surface area contributed by atoms with E-state index < -0.39 is 0 Å². The van der Waals surface area contributed by atoms with Crippen molar-refractivity contribution in [3.8, 4) is 11.3 Å². The molecule has 1 saturated carbocycles. The van der Waals surface area contributed by atoms with Gasteiger partial charge in [-0.3, -0.25) is 9.67 Å². The van der Waals surface area contributed by atoms with Crippen molar-refractivity contribution in [2.24, 2.45) is 11.7 Å². The highest BCUT2D eigenvalue weighted by atomic mass is 15.3. The Balaban J connectivity index is 1.56. The first-order valence-electron chi connectivity index (χ1n) is 8.72. The van der Waals surface area contributed by atoms with E-state index in [0.29, 0.717) is 6.04 Å². The number of para-hydroxylation sites is 2. The summed E-state index contributed by atoms with van der Waals surface area (Å²) in [5, 5.41) is 4.63. The SMILES string of the molecule is Cc1c(-c2cnc3ccccc3n2)cnn1C1CC(CCCN)C1. The Morgan fingerprint density at radius 3 is 2.75 bits per heavy atom. The van der Waals surface area contributed by atoms with Crippen molar-refractivity contribution in [3.63, 3.8) is 0 Å². The van der Waals surface area contributed by atoms with E-state index in [1.54, 1.807) is 0 Å². The van der Waals surface area contributed by atoms with E-state index >= 15 is 0 Å². The minimum absolute atomic E-state index is 0.523. The van der Waals surface area contributed by atoms with E-state index in [2.05, 4.69) is 21.7 Å². The lowest BCUT2D eigenvalue weighted by molar-refractivity contribution is 0.169. The number of nitrogens with two attached hydrogens (primary N) is 1. The van der Waals surface area contributed by atoms with Crippen molar-refractivity contribution in [1.82, 2.24) is 19.7 Å². The highest BCUT2D eigenvalue weighted by Gasteiger charge is 2.31. The third kappa shape index (κ3) is 2.69. The fraction of sp³-hybridized carbons (Fsp3) is 0.421. The van der Waals surface area contributed by atoms with Gasteiger partial charge in [0.2, 0.25) is 0 Å². The number of rotatable bonds is 5. The Hall–Kier alpha value is -2.27. The normalized spacial score (nSPS) is 20.2. The Morgan fingerprint density at radius 1 is 1.17 bits per heavy atom. The van der Waals surface area contributed by atoms with Crippen LogP contribution >= 0.6 is 0 Å². The van der Waals surface area contributed by atoms with Crippen LogP contribution in [-0.2, 0) is 0 Å². The van der Waals surface area contributed by atoms with Crippen LogP contribution in [0.4, 0.5) is 0 Å². The maximum absolute atomic E-state index is 5.60. The van der Waals surface area contributed by atoms with Gasteiger partial charge in [-0.25, -0.2) is 4.98 Å². The molecular weight excluding hydrogens is 298 g/mol. The number of fused-ring (bicyclic) bond motifs is 1. The minimum Gasteiger partial charge on any atom is -0.330 e. The predicted molar refractivity (Wildman–Crippen MR) is 95.5 cm³/mol. The molecule has 1 aromatic carbocycles. The fourth-order valence-electron chi connectivity index (χ4n) is 3.67. The van der Waals surface area contributed by atoms with Gasteiger partial charge in [-0.2, -0.15) is 5.10 Å². The van der Waals surface area contributed by atoms with Gasteiger partial charge in [-0.05, 0) is 57.2 Å². The van der Waals surface area contributed by atoms with E-state index in [-0.39, 0.29) is 0 Å². The highest BCUT2D eigenvalue weighted by molar-refractivity contribution is 5.77. The van der Waals surface area contributed by atoms with E-state index in [4.69, 9.17) is 10.7 Å². The first-order chi connectivity index (χ1) is 11.8. The lowest BCUT2D eigenvalue weighted by Gasteiger charge is -2.36. The monoisotopic (exact) mass is 321 g/mol. The average Bonchev–Trinajstić information content (AvgIpc) is 2.94. The van der Waals surface area contributed by atoms with Gasteiger partial charge in [-0.15, -0.1) is 0 Å². The largest absolute Gasteiger partial charge is 0.330 e. The molecule has 3 aromatic rings. The van der Waals surface area contributed by atoms with E-state index in [9.17, 15) is 0 Å². The molecule has 1 fully saturated rings. The lowest BCUT2D eigenvalue weighted by atomic mass is 9.77. The second-order valence-electron chi connectivity index (χ2n) is 6.75. The number of nitrogens with zero attached hydrogens (tertiary/aromatic N) is 4. The molecule has 124 valence electrons. The topological polar surface area (TPSA) is 69.6 Å². The van der Waals surface area contributed by atoms with Crippen LogP contribution in [0.25, 0.3) is 22.3 Å². The lowest BCUT2D eigenvalue weighted by Crippen LogP contribution is -2.28. The summed E-state index contributed by atoms with van der Waals surface area (Å²) in [5.41, 5.74) is 10.6. The smallest absolute Gasteiger partial charge is 0.0927 e. The Labute approximate surface area is 141 Å². The van der Waals surface area contributed by atoms with Crippen LogP contribution in [-0.4, -0.2) is 26.3 Å². The summed E-state index contributed by atoms with van der Waals surface area (Å²) < 4.78 is 2.17. The van der Waals surface area contributed by atoms with Gasteiger partial charge < -0.3 is 5.73 Å². The molecule has 0 aliphatic heterocycles. The van der Waals surface area contributed by atoms with Crippen molar-refractivity contribution in [2.75, 3.05) is 6.54 Å². The van der Waals surface area contributed by atoms with Crippen LogP contribution < -0.4 is 5.73 Å². The van der Waals surface area contributed by atoms with Gasteiger partial charge in [0.1, 0.15) is 0 Å². The number of hydrogen-bond donors (Lipinski definition) is 1. The third-order valence-electron chi connectivity index (χ3n) is 5.14. The Morgan fingerprint density at radius 2 is 1.96 bits per heavy atom. The quantitative estimate of drug-likeness (QED) is 0.781. The fourth-order valence-corrected chi connectivity index (χ4v) is 3.67.